The van der Waals surface area contributed by atoms with Crippen LogP contribution in [0.1, 0.15) is 26.2 Å². The summed E-state index contributed by atoms with van der Waals surface area (Å²) in [4.78, 5) is 10.9. The molecule has 0 radical (unpaired) electrons. The number of carbonyl (C=O) groups excluding carboxylic acids is 1. The minimum Gasteiger partial charge on any atom is -0.393 e. The molecule has 0 saturated heterocycles. The molecule has 3 heteroatoms. The van der Waals surface area contributed by atoms with Gasteiger partial charge in [-0.05, 0) is 19.8 Å². The average Bonchev–Trinajstić information content (AvgIpc) is 2.00. The lowest BCUT2D eigenvalue weighted by Gasteiger charge is -2.05. The molecule has 3 nitrogen and oxygen atoms in total. The summed E-state index contributed by atoms with van der Waals surface area (Å²) in [7, 11) is 0. The standard InChI is InChI=1S/C9H17NO2/c1-3-4-5-9(12)10-7-6-8(2)11/h3,8,11H,1,4-7H2,2H3,(H,10,12). The van der Waals surface area contributed by atoms with Crippen molar-refractivity contribution in [2.75, 3.05) is 6.54 Å². The van der Waals surface area contributed by atoms with Crippen LogP contribution in [0.25, 0.3) is 0 Å². The molecule has 0 heterocycles. The molecule has 0 aromatic rings. The Labute approximate surface area is 73.5 Å². The Kier molecular flexibility index (Phi) is 6.38. The first kappa shape index (κ1) is 11.2. The summed E-state index contributed by atoms with van der Waals surface area (Å²) >= 11 is 0. The van der Waals surface area contributed by atoms with Gasteiger partial charge in [-0.25, -0.2) is 0 Å². The highest BCUT2D eigenvalue weighted by Gasteiger charge is 1.99. The zero-order chi connectivity index (χ0) is 9.40. The molecule has 0 saturated carbocycles. The Morgan fingerprint density at radius 2 is 2.42 bits per heavy atom. The molecule has 12 heavy (non-hydrogen) atoms. The van der Waals surface area contributed by atoms with Crippen LogP contribution in [0, 0.1) is 0 Å². The summed E-state index contributed by atoms with van der Waals surface area (Å²) in [5.74, 6) is 0.0237. The summed E-state index contributed by atoms with van der Waals surface area (Å²) in [5.41, 5.74) is 0. The van der Waals surface area contributed by atoms with Crippen LogP contribution in [0.15, 0.2) is 12.7 Å². The predicted molar refractivity (Wildman–Crippen MR) is 48.7 cm³/mol. The Morgan fingerprint density at radius 3 is 2.92 bits per heavy atom. The molecule has 1 unspecified atom stereocenters. The lowest BCUT2D eigenvalue weighted by atomic mass is 10.2. The number of hydrogen-bond donors (Lipinski definition) is 2. The van der Waals surface area contributed by atoms with E-state index in [4.69, 9.17) is 5.11 Å². The van der Waals surface area contributed by atoms with Crippen molar-refractivity contribution in [2.45, 2.75) is 32.3 Å². The van der Waals surface area contributed by atoms with Gasteiger partial charge in [-0.2, -0.15) is 0 Å². The quantitative estimate of drug-likeness (QED) is 0.582. The summed E-state index contributed by atoms with van der Waals surface area (Å²) < 4.78 is 0. The van der Waals surface area contributed by atoms with E-state index < -0.39 is 0 Å². The minimum atomic E-state index is -0.343. The third-order valence-electron chi connectivity index (χ3n) is 1.46. The normalized spacial score (nSPS) is 12.2. The SMILES string of the molecule is C=CCCC(=O)NCCC(C)O. The Hall–Kier alpha value is -0.830. The van der Waals surface area contributed by atoms with Gasteiger partial charge in [-0.1, -0.05) is 6.08 Å². The van der Waals surface area contributed by atoms with Crippen molar-refractivity contribution in [2.24, 2.45) is 0 Å². The number of hydrogen-bond acceptors (Lipinski definition) is 2. The van der Waals surface area contributed by atoms with Gasteiger partial charge in [0.25, 0.3) is 0 Å². The van der Waals surface area contributed by atoms with Crippen LogP contribution in [0.2, 0.25) is 0 Å². The van der Waals surface area contributed by atoms with Crippen molar-refractivity contribution in [3.05, 3.63) is 12.7 Å². The van der Waals surface area contributed by atoms with Gasteiger partial charge >= 0.3 is 0 Å². The van der Waals surface area contributed by atoms with Crippen molar-refractivity contribution >= 4 is 5.91 Å². The number of aliphatic hydroxyl groups is 1. The summed E-state index contributed by atoms with van der Waals surface area (Å²) in [6.45, 7) is 5.77. The average molecular weight is 171 g/mol. The van der Waals surface area contributed by atoms with Gasteiger partial charge in [0.05, 0.1) is 6.10 Å². The molecule has 1 amide bonds. The van der Waals surface area contributed by atoms with E-state index in [1.54, 1.807) is 13.0 Å². The predicted octanol–water partition coefficient (Wildman–Crippen LogP) is 0.840. The highest BCUT2D eigenvalue weighted by atomic mass is 16.3. The third-order valence-corrected chi connectivity index (χ3v) is 1.46. The lowest BCUT2D eigenvalue weighted by Crippen LogP contribution is -2.25. The lowest BCUT2D eigenvalue weighted by molar-refractivity contribution is -0.121. The highest BCUT2D eigenvalue weighted by molar-refractivity contribution is 5.75. The first-order valence-corrected chi connectivity index (χ1v) is 4.22. The number of nitrogens with one attached hydrogen (secondary N) is 1. The van der Waals surface area contributed by atoms with Gasteiger partial charge in [0, 0.05) is 13.0 Å². The fraction of sp³-hybridized carbons (Fsp3) is 0.667. The largest absolute Gasteiger partial charge is 0.393 e. The summed E-state index contributed by atoms with van der Waals surface area (Å²) in [5, 5.41) is 11.6. The number of carbonyl (C=O) groups is 1. The second-order valence-corrected chi connectivity index (χ2v) is 2.81. The number of amides is 1. The van der Waals surface area contributed by atoms with E-state index >= 15 is 0 Å². The molecule has 1 atom stereocenters. The maximum atomic E-state index is 10.9. The molecule has 0 aromatic carbocycles. The van der Waals surface area contributed by atoms with Gasteiger partial charge in [0.1, 0.15) is 0 Å². The van der Waals surface area contributed by atoms with Crippen molar-refractivity contribution in [3.8, 4) is 0 Å². The molecule has 0 bridgehead atoms. The zero-order valence-corrected chi connectivity index (χ0v) is 7.55. The van der Waals surface area contributed by atoms with Gasteiger partial charge < -0.3 is 10.4 Å². The van der Waals surface area contributed by atoms with E-state index in [-0.39, 0.29) is 12.0 Å². The molecule has 2 N–H and O–H groups in total. The van der Waals surface area contributed by atoms with Gasteiger partial charge in [0.2, 0.25) is 5.91 Å². The number of aliphatic hydroxyl groups excluding tert-OH is 1. The molecule has 70 valence electrons. The summed E-state index contributed by atoms with van der Waals surface area (Å²) in [6, 6.07) is 0. The topological polar surface area (TPSA) is 49.3 Å². The van der Waals surface area contributed by atoms with Crippen molar-refractivity contribution in [1.29, 1.82) is 0 Å². The second-order valence-electron chi connectivity index (χ2n) is 2.81. The molecule has 0 spiro atoms. The molecule has 0 fully saturated rings. The molecule has 0 aromatic heterocycles. The number of allylic oxidation sites excluding steroid dienone is 1. The Morgan fingerprint density at radius 1 is 1.75 bits per heavy atom. The van der Waals surface area contributed by atoms with Crippen LogP contribution in [-0.4, -0.2) is 23.7 Å². The molecular weight excluding hydrogens is 154 g/mol. The molecule has 0 aliphatic rings. The van der Waals surface area contributed by atoms with Crippen LogP contribution >= 0.6 is 0 Å². The van der Waals surface area contributed by atoms with E-state index in [1.807, 2.05) is 0 Å². The van der Waals surface area contributed by atoms with E-state index in [0.29, 0.717) is 25.8 Å². The van der Waals surface area contributed by atoms with Crippen molar-refractivity contribution in [3.63, 3.8) is 0 Å². The Balaban J connectivity index is 3.25. The fourth-order valence-electron chi connectivity index (χ4n) is 0.742. The van der Waals surface area contributed by atoms with Gasteiger partial charge in [-0.15, -0.1) is 6.58 Å². The van der Waals surface area contributed by atoms with E-state index in [9.17, 15) is 4.79 Å². The Bertz CT molecular complexity index is 143. The van der Waals surface area contributed by atoms with Crippen molar-refractivity contribution in [1.82, 2.24) is 5.32 Å². The van der Waals surface area contributed by atoms with E-state index in [1.165, 1.54) is 0 Å². The van der Waals surface area contributed by atoms with Gasteiger partial charge in [0.15, 0.2) is 0 Å². The van der Waals surface area contributed by atoms with Crippen LogP contribution < -0.4 is 5.32 Å². The molecule has 0 aliphatic heterocycles. The smallest absolute Gasteiger partial charge is 0.220 e. The minimum absolute atomic E-state index is 0.0237. The second kappa shape index (κ2) is 6.85. The maximum absolute atomic E-state index is 10.9. The van der Waals surface area contributed by atoms with Crippen LogP contribution in [0.5, 0.6) is 0 Å². The maximum Gasteiger partial charge on any atom is 0.220 e. The summed E-state index contributed by atoms with van der Waals surface area (Å²) in [6.07, 6.45) is 3.18. The van der Waals surface area contributed by atoms with E-state index in [2.05, 4.69) is 11.9 Å². The first-order valence-electron chi connectivity index (χ1n) is 4.22. The first-order chi connectivity index (χ1) is 5.66. The molecular formula is C9H17NO2. The molecule has 0 aliphatic carbocycles. The zero-order valence-electron chi connectivity index (χ0n) is 7.55. The van der Waals surface area contributed by atoms with Gasteiger partial charge in [-0.3, -0.25) is 4.79 Å². The van der Waals surface area contributed by atoms with Crippen molar-refractivity contribution < 1.29 is 9.90 Å². The molecule has 0 rings (SSSR count). The van der Waals surface area contributed by atoms with Crippen LogP contribution in [-0.2, 0) is 4.79 Å². The third kappa shape index (κ3) is 7.28. The monoisotopic (exact) mass is 171 g/mol. The highest BCUT2D eigenvalue weighted by Crippen LogP contribution is 1.90. The van der Waals surface area contributed by atoms with Crippen LogP contribution in [0.4, 0.5) is 0 Å². The number of rotatable bonds is 6. The van der Waals surface area contributed by atoms with E-state index in [0.717, 1.165) is 0 Å². The van der Waals surface area contributed by atoms with Crippen LogP contribution in [0.3, 0.4) is 0 Å². The fourth-order valence-corrected chi connectivity index (χ4v) is 0.742.